The van der Waals surface area contributed by atoms with Gasteiger partial charge in [0.15, 0.2) is 21.7 Å². The van der Waals surface area contributed by atoms with Crippen LogP contribution in [0.25, 0.3) is 64.9 Å². The Labute approximate surface area is 286 Å². The van der Waals surface area contributed by atoms with Crippen LogP contribution >= 0.6 is 0 Å². The number of para-hydroxylation sites is 1. The molecule has 0 aliphatic carbocycles. The van der Waals surface area contributed by atoms with Crippen LogP contribution in [-0.2, 0) is 0 Å². The number of hydrogen-bond donors (Lipinski definition) is 3. The van der Waals surface area contributed by atoms with Crippen molar-refractivity contribution in [3.05, 3.63) is 173 Å². The monoisotopic (exact) mass is 665 g/mol. The summed E-state index contributed by atoms with van der Waals surface area (Å²) in [6, 6.07) is 33.2. The van der Waals surface area contributed by atoms with Crippen molar-refractivity contribution >= 4 is 88.1 Å². The van der Waals surface area contributed by atoms with Crippen LogP contribution in [-0.4, -0.2) is 16.8 Å². The van der Waals surface area contributed by atoms with Gasteiger partial charge in [0.2, 0.25) is 0 Å². The zero-order chi connectivity index (χ0) is 35.0. The second kappa shape index (κ2) is 11.1. The molecule has 0 atom stereocenters. The molecule has 9 rings (SSSR count). The van der Waals surface area contributed by atoms with Crippen molar-refractivity contribution in [2.45, 2.75) is 0 Å². The van der Waals surface area contributed by atoms with Crippen LogP contribution in [0.1, 0.15) is 20.7 Å². The first-order valence-corrected chi connectivity index (χ1v) is 16.1. The summed E-state index contributed by atoms with van der Waals surface area (Å²) in [7, 11) is 0. The van der Waals surface area contributed by atoms with E-state index in [0.29, 0.717) is 33.1 Å². The molecule has 2 amide bonds. The fraction of sp³-hybridized carbons (Fsp3) is 0. The molecule has 0 bridgehead atoms. The molecule has 1 heterocycles. The lowest BCUT2D eigenvalue weighted by molar-refractivity contribution is 0.101. The van der Waals surface area contributed by atoms with Gasteiger partial charge in [-0.2, -0.15) is 0 Å². The lowest BCUT2D eigenvalue weighted by Crippen LogP contribution is -2.20. The Morgan fingerprint density at radius 2 is 0.843 bits per heavy atom. The fourth-order valence-corrected chi connectivity index (χ4v) is 7.14. The molecule has 9 nitrogen and oxygen atoms in total. The van der Waals surface area contributed by atoms with Gasteiger partial charge in [0, 0.05) is 76.5 Å². The van der Waals surface area contributed by atoms with Crippen LogP contribution in [0.4, 0.5) is 11.4 Å². The van der Waals surface area contributed by atoms with E-state index in [1.54, 1.807) is 91.0 Å². The summed E-state index contributed by atoms with van der Waals surface area (Å²) in [4.78, 5) is 87.3. The van der Waals surface area contributed by atoms with Crippen molar-refractivity contribution in [3.8, 4) is 0 Å². The Hall–Kier alpha value is -7.26. The van der Waals surface area contributed by atoms with Gasteiger partial charge in [0.25, 0.3) is 11.8 Å². The molecule has 0 saturated heterocycles. The van der Waals surface area contributed by atoms with Crippen LogP contribution in [0, 0.1) is 0 Å². The molecular weight excluding hydrogens is 642 g/mol. The Morgan fingerprint density at radius 1 is 0.412 bits per heavy atom. The number of H-pyrrole nitrogens is 1. The number of fused-ring (bicyclic) bond motifs is 10. The van der Waals surface area contributed by atoms with Crippen LogP contribution in [0.5, 0.6) is 0 Å². The predicted molar refractivity (Wildman–Crippen MR) is 202 cm³/mol. The molecule has 3 N–H and O–H groups in total. The minimum atomic E-state index is -0.616. The maximum absolute atomic E-state index is 14.6. The van der Waals surface area contributed by atoms with Crippen molar-refractivity contribution in [1.29, 1.82) is 0 Å². The van der Waals surface area contributed by atoms with E-state index in [9.17, 15) is 28.8 Å². The lowest BCUT2D eigenvalue weighted by Gasteiger charge is -2.11. The maximum atomic E-state index is 14.6. The summed E-state index contributed by atoms with van der Waals surface area (Å²) in [5.41, 5.74) is 0.0610. The Bertz CT molecular complexity index is 3200. The zero-order valence-electron chi connectivity index (χ0n) is 26.5. The topological polar surface area (TPSA) is 142 Å². The highest BCUT2D eigenvalue weighted by Gasteiger charge is 2.25. The third-order valence-corrected chi connectivity index (χ3v) is 9.47. The van der Waals surface area contributed by atoms with E-state index in [2.05, 4.69) is 15.6 Å². The number of benzene rings is 8. The Balaban J connectivity index is 1.36. The van der Waals surface area contributed by atoms with Gasteiger partial charge in [-0.05, 0) is 66.7 Å². The van der Waals surface area contributed by atoms with E-state index in [-0.39, 0.29) is 60.2 Å². The number of aromatic nitrogens is 1. The molecule has 0 unspecified atom stereocenters. The highest BCUT2D eigenvalue weighted by atomic mass is 16.2. The Kier molecular flexibility index (Phi) is 6.52. The van der Waals surface area contributed by atoms with Crippen LogP contribution in [0.3, 0.4) is 0 Å². The van der Waals surface area contributed by atoms with E-state index in [4.69, 9.17) is 0 Å². The summed E-state index contributed by atoms with van der Waals surface area (Å²) in [5, 5.41) is 6.45. The lowest BCUT2D eigenvalue weighted by atomic mass is 9.91. The number of nitrogens with one attached hydrogen (secondary N) is 3. The van der Waals surface area contributed by atoms with Gasteiger partial charge in [-0.25, -0.2) is 0 Å². The summed E-state index contributed by atoms with van der Waals surface area (Å²) in [5.74, 6) is -0.792. The number of hydrogen-bond acceptors (Lipinski definition) is 6. The van der Waals surface area contributed by atoms with Crippen molar-refractivity contribution in [2.75, 3.05) is 10.6 Å². The first kappa shape index (κ1) is 29.8. The predicted octanol–water partition coefficient (Wildman–Crippen LogP) is 6.75. The van der Waals surface area contributed by atoms with E-state index in [1.165, 1.54) is 30.3 Å². The van der Waals surface area contributed by atoms with E-state index >= 15 is 0 Å². The third kappa shape index (κ3) is 4.49. The van der Waals surface area contributed by atoms with Gasteiger partial charge >= 0.3 is 0 Å². The molecule has 8 aromatic carbocycles. The quantitative estimate of drug-likeness (QED) is 0.140. The molecule has 242 valence electrons. The van der Waals surface area contributed by atoms with Gasteiger partial charge < -0.3 is 15.6 Å². The number of anilines is 2. The van der Waals surface area contributed by atoms with E-state index in [0.717, 1.165) is 0 Å². The molecule has 0 spiro atoms. The van der Waals surface area contributed by atoms with Gasteiger partial charge in [-0.3, -0.25) is 28.8 Å². The van der Waals surface area contributed by atoms with Crippen LogP contribution in [0.2, 0.25) is 0 Å². The summed E-state index contributed by atoms with van der Waals surface area (Å²) >= 11 is 0. The van der Waals surface area contributed by atoms with Gasteiger partial charge in [-0.15, -0.1) is 0 Å². The summed E-state index contributed by atoms with van der Waals surface area (Å²) in [6.45, 7) is 0. The minimum Gasteiger partial charge on any atom is -0.354 e. The van der Waals surface area contributed by atoms with E-state index in [1.807, 2.05) is 0 Å². The SMILES string of the molecule is O=C(Nc1ccc2c(=O)c3c(c(=O)c2c1)c1[nH]c2ccccc2c1c1c(=O)c2ccc(NC(=O)c4ccccc4)cc2c(=O)c31)c1ccccc1. The third-order valence-electron chi connectivity index (χ3n) is 9.47. The molecule has 0 saturated carbocycles. The van der Waals surface area contributed by atoms with Gasteiger partial charge in [0.1, 0.15) is 0 Å². The average molecular weight is 666 g/mol. The second-order valence-electron chi connectivity index (χ2n) is 12.4. The Morgan fingerprint density at radius 3 is 1.39 bits per heavy atom. The summed E-state index contributed by atoms with van der Waals surface area (Å²) < 4.78 is 0. The standard InChI is InChI=1S/C42H23N3O6/c46-37-25-17-15-23(43-41(50)21-9-3-1-4-10-21)19-28(25)39(48)33-32(37)31-27-13-7-8-14-30(27)45-36(31)35-34(33)38(47)26-18-16-24(20-29(26)40(35)49)44-42(51)22-11-5-2-6-12-22/h1-20,45H,(H,43,50)(H,44,51). The minimum absolute atomic E-state index is 0.00442. The molecule has 1 aromatic heterocycles. The molecule has 9 heteroatoms. The number of aromatic amines is 1. The number of carbonyl (C=O) groups is 2. The molecule has 0 aliphatic heterocycles. The van der Waals surface area contributed by atoms with Gasteiger partial charge in [0.05, 0.1) is 10.9 Å². The number of carbonyl (C=O) groups excluding carboxylic acids is 2. The molecule has 0 radical (unpaired) electrons. The van der Waals surface area contributed by atoms with Gasteiger partial charge in [-0.1, -0.05) is 54.6 Å². The fourth-order valence-electron chi connectivity index (χ4n) is 7.14. The maximum Gasteiger partial charge on any atom is 0.255 e. The second-order valence-corrected chi connectivity index (χ2v) is 12.4. The number of rotatable bonds is 4. The molecular formula is C42H23N3O6. The first-order chi connectivity index (χ1) is 24.8. The first-order valence-electron chi connectivity index (χ1n) is 16.1. The normalized spacial score (nSPS) is 11.6. The largest absolute Gasteiger partial charge is 0.354 e. The highest BCUT2D eigenvalue weighted by Crippen LogP contribution is 2.36. The van der Waals surface area contributed by atoms with Crippen molar-refractivity contribution in [2.24, 2.45) is 0 Å². The number of amides is 2. The molecule has 0 aliphatic rings. The highest BCUT2D eigenvalue weighted by molar-refractivity contribution is 6.33. The van der Waals surface area contributed by atoms with E-state index < -0.39 is 27.6 Å². The molecule has 0 fully saturated rings. The summed E-state index contributed by atoms with van der Waals surface area (Å²) in [6.07, 6.45) is 0. The van der Waals surface area contributed by atoms with Crippen LogP contribution in [0.15, 0.2) is 141 Å². The average Bonchev–Trinajstić information content (AvgIpc) is 3.55. The van der Waals surface area contributed by atoms with Crippen LogP contribution < -0.4 is 32.3 Å². The van der Waals surface area contributed by atoms with Crippen molar-refractivity contribution in [1.82, 2.24) is 4.98 Å². The smallest absolute Gasteiger partial charge is 0.255 e. The van der Waals surface area contributed by atoms with Crippen molar-refractivity contribution < 1.29 is 9.59 Å². The molecule has 9 aromatic rings. The molecule has 51 heavy (non-hydrogen) atoms. The van der Waals surface area contributed by atoms with Crippen molar-refractivity contribution in [3.63, 3.8) is 0 Å². The zero-order valence-corrected chi connectivity index (χ0v) is 26.5.